The van der Waals surface area contributed by atoms with Gasteiger partial charge in [-0.2, -0.15) is 0 Å². The lowest BCUT2D eigenvalue weighted by Crippen LogP contribution is -2.31. The van der Waals surface area contributed by atoms with Gasteiger partial charge >= 0.3 is 0 Å². The summed E-state index contributed by atoms with van der Waals surface area (Å²) in [6.45, 7) is 2.06. The summed E-state index contributed by atoms with van der Waals surface area (Å²) in [5.74, 6) is 1.40. The molecule has 0 aromatic heterocycles. The molecule has 4 heteroatoms. The van der Waals surface area contributed by atoms with Crippen LogP contribution in [0.5, 0.6) is 11.5 Å². The van der Waals surface area contributed by atoms with Crippen LogP contribution in [0.2, 0.25) is 5.02 Å². The van der Waals surface area contributed by atoms with Gasteiger partial charge in [-0.05, 0) is 50.3 Å². The van der Waals surface area contributed by atoms with Crippen LogP contribution in [0.25, 0.3) is 0 Å². The topological polar surface area (TPSA) is 44.5 Å². The van der Waals surface area contributed by atoms with E-state index in [2.05, 4.69) is 6.92 Å². The monoisotopic (exact) mass is 281 g/mol. The Morgan fingerprint density at radius 2 is 2.05 bits per heavy atom. The number of halogens is 1. The minimum Gasteiger partial charge on any atom is -0.493 e. The van der Waals surface area contributed by atoms with Crippen LogP contribution in [-0.2, 0) is 5.41 Å². The molecule has 3 rings (SSSR count). The summed E-state index contributed by atoms with van der Waals surface area (Å²) in [6.07, 6.45) is 4.75. The molecule has 2 saturated carbocycles. The molecule has 2 fully saturated rings. The molecule has 3 nitrogen and oxygen atoms in total. The van der Waals surface area contributed by atoms with Crippen LogP contribution in [0.15, 0.2) is 12.1 Å². The number of ether oxygens (including phenoxy) is 2. The van der Waals surface area contributed by atoms with Crippen molar-refractivity contribution in [1.82, 2.24) is 0 Å². The molecule has 0 radical (unpaired) electrons. The smallest absolute Gasteiger partial charge is 0.180 e. The van der Waals surface area contributed by atoms with E-state index in [1.807, 2.05) is 12.1 Å². The van der Waals surface area contributed by atoms with E-state index in [-0.39, 0.29) is 11.5 Å². The zero-order valence-electron chi connectivity index (χ0n) is 11.4. The molecule has 1 unspecified atom stereocenters. The maximum Gasteiger partial charge on any atom is 0.180 e. The van der Waals surface area contributed by atoms with Crippen LogP contribution in [-0.4, -0.2) is 19.3 Å². The van der Waals surface area contributed by atoms with Gasteiger partial charge < -0.3 is 15.2 Å². The predicted molar refractivity (Wildman–Crippen MR) is 76.2 cm³/mol. The first-order chi connectivity index (χ1) is 9.06. The summed E-state index contributed by atoms with van der Waals surface area (Å²) in [5.41, 5.74) is 7.37. The summed E-state index contributed by atoms with van der Waals surface area (Å²) >= 11 is 6.38. The third-order valence-corrected chi connectivity index (χ3v) is 4.55. The lowest BCUT2D eigenvalue weighted by atomic mass is 9.89. The van der Waals surface area contributed by atoms with Crippen molar-refractivity contribution >= 4 is 11.6 Å². The summed E-state index contributed by atoms with van der Waals surface area (Å²) < 4.78 is 11.3. The summed E-state index contributed by atoms with van der Waals surface area (Å²) in [4.78, 5) is 0. The Labute approximate surface area is 119 Å². The predicted octanol–water partition coefficient (Wildman–Crippen LogP) is 3.27. The van der Waals surface area contributed by atoms with Crippen LogP contribution >= 0.6 is 11.6 Å². The molecular formula is C15H20ClNO2. The minimum absolute atomic E-state index is 0.0784. The number of methoxy groups -OCH3 is 1. The zero-order chi connectivity index (χ0) is 13.6. The molecule has 2 N–H and O–H groups in total. The third kappa shape index (κ3) is 2.30. The molecule has 0 amide bonds. The van der Waals surface area contributed by atoms with Gasteiger partial charge in [0.05, 0.1) is 18.2 Å². The van der Waals surface area contributed by atoms with Gasteiger partial charge in [0.1, 0.15) is 0 Å². The lowest BCUT2D eigenvalue weighted by Gasteiger charge is -2.22. The molecule has 0 spiro atoms. The number of benzene rings is 1. The first-order valence-electron chi connectivity index (χ1n) is 6.87. The SMILES string of the molecule is COc1cc(C2(C(C)N)CC2)cc(Cl)c1OC1CC1. The maximum absolute atomic E-state index is 6.38. The van der Waals surface area contributed by atoms with Crippen LogP contribution in [0.4, 0.5) is 0 Å². The quantitative estimate of drug-likeness (QED) is 0.901. The van der Waals surface area contributed by atoms with Crippen LogP contribution in [0.1, 0.15) is 38.2 Å². The normalized spacial score (nSPS) is 21.9. The average Bonchev–Trinajstić information content (AvgIpc) is 3.25. The van der Waals surface area contributed by atoms with Crippen molar-refractivity contribution in [2.45, 2.75) is 50.2 Å². The molecule has 0 heterocycles. The number of nitrogens with two attached hydrogens (primary N) is 1. The Kier molecular flexibility index (Phi) is 3.14. The van der Waals surface area contributed by atoms with E-state index in [0.717, 1.165) is 31.4 Å². The van der Waals surface area contributed by atoms with Gasteiger partial charge in [-0.25, -0.2) is 0 Å². The molecule has 1 aromatic rings. The summed E-state index contributed by atoms with van der Waals surface area (Å²) in [6, 6.07) is 4.17. The largest absolute Gasteiger partial charge is 0.493 e. The van der Waals surface area contributed by atoms with Gasteiger partial charge in [0.15, 0.2) is 11.5 Å². The van der Waals surface area contributed by atoms with Crippen LogP contribution < -0.4 is 15.2 Å². The fourth-order valence-corrected chi connectivity index (χ4v) is 2.87. The molecule has 0 aliphatic heterocycles. The Morgan fingerprint density at radius 1 is 1.37 bits per heavy atom. The zero-order valence-corrected chi connectivity index (χ0v) is 12.2. The van der Waals surface area contributed by atoms with Gasteiger partial charge in [0, 0.05) is 11.5 Å². The Balaban J connectivity index is 1.97. The van der Waals surface area contributed by atoms with E-state index >= 15 is 0 Å². The van der Waals surface area contributed by atoms with Gasteiger partial charge in [0.2, 0.25) is 0 Å². The first-order valence-corrected chi connectivity index (χ1v) is 7.25. The molecule has 19 heavy (non-hydrogen) atoms. The lowest BCUT2D eigenvalue weighted by molar-refractivity contribution is 0.282. The van der Waals surface area contributed by atoms with Crippen LogP contribution in [0, 0.1) is 0 Å². The van der Waals surface area contributed by atoms with E-state index in [0.29, 0.717) is 16.9 Å². The van der Waals surface area contributed by atoms with E-state index < -0.39 is 0 Å². The first kappa shape index (κ1) is 13.1. The van der Waals surface area contributed by atoms with Crippen molar-refractivity contribution in [3.8, 4) is 11.5 Å². The fraction of sp³-hybridized carbons (Fsp3) is 0.600. The van der Waals surface area contributed by atoms with Crippen molar-refractivity contribution in [3.05, 3.63) is 22.7 Å². The number of hydrogen-bond acceptors (Lipinski definition) is 3. The van der Waals surface area contributed by atoms with E-state index in [1.54, 1.807) is 7.11 Å². The fourth-order valence-electron chi connectivity index (χ4n) is 2.62. The van der Waals surface area contributed by atoms with Crippen molar-refractivity contribution in [2.24, 2.45) is 5.73 Å². The van der Waals surface area contributed by atoms with Crippen LogP contribution in [0.3, 0.4) is 0 Å². The highest BCUT2D eigenvalue weighted by molar-refractivity contribution is 6.32. The molecule has 104 valence electrons. The molecule has 0 bridgehead atoms. The second-order valence-electron chi connectivity index (χ2n) is 5.75. The van der Waals surface area contributed by atoms with Crippen molar-refractivity contribution in [1.29, 1.82) is 0 Å². The highest BCUT2D eigenvalue weighted by Crippen LogP contribution is 2.53. The highest BCUT2D eigenvalue weighted by Gasteiger charge is 2.48. The standard InChI is InChI=1S/C15H20ClNO2/c1-9(17)15(5-6-15)10-7-12(16)14(13(8-10)18-2)19-11-3-4-11/h7-9,11H,3-6,17H2,1-2H3. The van der Waals surface area contributed by atoms with Crippen molar-refractivity contribution < 1.29 is 9.47 Å². The van der Waals surface area contributed by atoms with Gasteiger partial charge in [-0.3, -0.25) is 0 Å². The molecular weight excluding hydrogens is 262 g/mol. The van der Waals surface area contributed by atoms with Crippen molar-refractivity contribution in [2.75, 3.05) is 7.11 Å². The average molecular weight is 282 g/mol. The number of hydrogen-bond donors (Lipinski definition) is 1. The van der Waals surface area contributed by atoms with E-state index in [4.69, 9.17) is 26.8 Å². The third-order valence-electron chi connectivity index (χ3n) is 4.27. The van der Waals surface area contributed by atoms with E-state index in [1.165, 1.54) is 5.56 Å². The molecule has 0 saturated heterocycles. The van der Waals surface area contributed by atoms with Gasteiger partial charge in [-0.15, -0.1) is 0 Å². The summed E-state index contributed by atoms with van der Waals surface area (Å²) in [7, 11) is 1.65. The molecule has 2 aliphatic carbocycles. The Hall–Kier alpha value is -0.930. The van der Waals surface area contributed by atoms with Gasteiger partial charge in [-0.1, -0.05) is 11.6 Å². The number of rotatable bonds is 5. The maximum atomic E-state index is 6.38. The molecule has 1 aromatic carbocycles. The Bertz CT molecular complexity index is 493. The van der Waals surface area contributed by atoms with Gasteiger partial charge in [0.25, 0.3) is 0 Å². The minimum atomic E-state index is 0.0784. The Morgan fingerprint density at radius 3 is 2.53 bits per heavy atom. The molecule has 1 atom stereocenters. The second-order valence-corrected chi connectivity index (χ2v) is 6.16. The second kappa shape index (κ2) is 4.57. The summed E-state index contributed by atoms with van der Waals surface area (Å²) in [5, 5.41) is 0.633. The van der Waals surface area contributed by atoms with Crippen molar-refractivity contribution in [3.63, 3.8) is 0 Å². The van der Waals surface area contributed by atoms with E-state index in [9.17, 15) is 0 Å². The molecule has 2 aliphatic rings. The highest BCUT2D eigenvalue weighted by atomic mass is 35.5.